The van der Waals surface area contributed by atoms with Crippen molar-refractivity contribution >= 4 is 17.8 Å². The van der Waals surface area contributed by atoms with Gasteiger partial charge in [0, 0.05) is 0 Å². The van der Waals surface area contributed by atoms with Crippen LogP contribution in [0.5, 0.6) is 5.75 Å². The van der Waals surface area contributed by atoms with Crippen LogP contribution in [0, 0.1) is 0 Å². The highest BCUT2D eigenvalue weighted by atomic mass is 19.4. The minimum Gasteiger partial charge on any atom is -0.481 e. The van der Waals surface area contributed by atoms with E-state index in [2.05, 4.69) is 0 Å². The third-order valence-electron chi connectivity index (χ3n) is 3.07. The SMILES string of the molecule is CCOC(=O)c1cc(OC(C)C(=O)NCC(F)(F)F)cc(C(=O)OCC)c1. The molecule has 0 aromatic heterocycles. The molecule has 1 N–H and O–H groups in total. The molecule has 1 amide bonds. The second-order valence-corrected chi connectivity index (χ2v) is 5.28. The fourth-order valence-corrected chi connectivity index (χ4v) is 1.92. The number of carbonyl (C=O) groups excluding carboxylic acids is 3. The highest BCUT2D eigenvalue weighted by Gasteiger charge is 2.29. The van der Waals surface area contributed by atoms with Gasteiger partial charge in [0.05, 0.1) is 24.3 Å². The van der Waals surface area contributed by atoms with Crippen LogP contribution in [0.15, 0.2) is 18.2 Å². The van der Waals surface area contributed by atoms with Gasteiger partial charge >= 0.3 is 18.1 Å². The number of benzene rings is 1. The van der Waals surface area contributed by atoms with E-state index in [4.69, 9.17) is 14.2 Å². The van der Waals surface area contributed by atoms with Gasteiger partial charge in [-0.3, -0.25) is 4.79 Å². The summed E-state index contributed by atoms with van der Waals surface area (Å²) in [6.07, 6.45) is -5.86. The van der Waals surface area contributed by atoms with E-state index in [0.29, 0.717) is 0 Å². The lowest BCUT2D eigenvalue weighted by molar-refractivity contribution is -0.142. The average Bonchev–Trinajstić information content (AvgIpc) is 2.59. The largest absolute Gasteiger partial charge is 0.481 e. The second kappa shape index (κ2) is 9.79. The van der Waals surface area contributed by atoms with E-state index in [1.165, 1.54) is 25.1 Å². The fraction of sp³-hybridized carbons (Fsp3) is 0.471. The third kappa shape index (κ3) is 7.55. The molecule has 0 heterocycles. The highest BCUT2D eigenvalue weighted by molar-refractivity contribution is 5.96. The number of alkyl halides is 3. The maximum Gasteiger partial charge on any atom is 0.405 e. The molecule has 0 saturated carbocycles. The van der Waals surface area contributed by atoms with Crippen LogP contribution >= 0.6 is 0 Å². The van der Waals surface area contributed by atoms with E-state index < -0.39 is 36.7 Å². The van der Waals surface area contributed by atoms with Crippen molar-refractivity contribution in [1.29, 1.82) is 0 Å². The summed E-state index contributed by atoms with van der Waals surface area (Å²) < 4.78 is 51.5. The Hall–Kier alpha value is -2.78. The number of nitrogens with one attached hydrogen (secondary N) is 1. The number of carbonyl (C=O) groups is 3. The van der Waals surface area contributed by atoms with Crippen molar-refractivity contribution in [2.75, 3.05) is 19.8 Å². The van der Waals surface area contributed by atoms with Gasteiger partial charge in [0.1, 0.15) is 12.3 Å². The van der Waals surface area contributed by atoms with Gasteiger partial charge < -0.3 is 19.5 Å². The molecule has 0 saturated heterocycles. The van der Waals surface area contributed by atoms with Gasteiger partial charge in [-0.05, 0) is 39.0 Å². The van der Waals surface area contributed by atoms with Gasteiger partial charge in [-0.1, -0.05) is 0 Å². The lowest BCUT2D eigenvalue weighted by Crippen LogP contribution is -2.41. The van der Waals surface area contributed by atoms with E-state index in [0.717, 1.165) is 0 Å². The number of hydrogen-bond donors (Lipinski definition) is 1. The molecular weight excluding hydrogens is 371 g/mol. The molecule has 0 aliphatic carbocycles. The summed E-state index contributed by atoms with van der Waals surface area (Å²) in [5.74, 6) is -2.55. The average molecular weight is 391 g/mol. The fourth-order valence-electron chi connectivity index (χ4n) is 1.92. The Morgan fingerprint density at radius 1 is 1.00 bits per heavy atom. The van der Waals surface area contributed by atoms with Crippen molar-refractivity contribution in [2.45, 2.75) is 33.1 Å². The predicted molar refractivity (Wildman–Crippen MR) is 87.5 cm³/mol. The monoisotopic (exact) mass is 391 g/mol. The number of hydrogen-bond acceptors (Lipinski definition) is 6. The second-order valence-electron chi connectivity index (χ2n) is 5.28. The maximum absolute atomic E-state index is 12.2. The Morgan fingerprint density at radius 2 is 1.48 bits per heavy atom. The summed E-state index contributed by atoms with van der Waals surface area (Å²) in [5.41, 5.74) is -0.0550. The predicted octanol–water partition coefficient (Wildman–Crippen LogP) is 2.49. The van der Waals surface area contributed by atoms with Gasteiger partial charge in [0.15, 0.2) is 6.10 Å². The number of ether oxygens (including phenoxy) is 3. The normalized spacial score (nSPS) is 12.1. The summed E-state index contributed by atoms with van der Waals surface area (Å²) >= 11 is 0. The van der Waals surface area contributed by atoms with Crippen LogP contribution in [-0.2, 0) is 14.3 Å². The van der Waals surface area contributed by atoms with E-state index in [9.17, 15) is 27.6 Å². The zero-order valence-electron chi connectivity index (χ0n) is 15.0. The van der Waals surface area contributed by atoms with Crippen molar-refractivity contribution in [3.05, 3.63) is 29.3 Å². The Bertz CT molecular complexity index is 653. The standard InChI is InChI=1S/C17H20F3NO6/c1-4-25-15(23)11-6-12(16(24)26-5-2)8-13(7-11)27-10(3)14(22)21-9-17(18,19)20/h6-8,10H,4-5,9H2,1-3H3,(H,21,22). The summed E-state index contributed by atoms with van der Waals surface area (Å²) in [5, 5.41) is 1.69. The molecule has 0 radical (unpaired) electrons. The number of rotatable bonds is 8. The zero-order valence-corrected chi connectivity index (χ0v) is 15.0. The molecule has 0 spiro atoms. The number of amides is 1. The van der Waals surface area contributed by atoms with Gasteiger partial charge in [-0.25, -0.2) is 9.59 Å². The number of esters is 2. The van der Waals surface area contributed by atoms with Gasteiger partial charge in [-0.15, -0.1) is 0 Å². The van der Waals surface area contributed by atoms with Crippen LogP contribution in [0.4, 0.5) is 13.2 Å². The van der Waals surface area contributed by atoms with Crippen molar-refractivity contribution in [3.63, 3.8) is 0 Å². The van der Waals surface area contributed by atoms with E-state index in [-0.39, 0.29) is 30.1 Å². The molecule has 1 unspecified atom stereocenters. The first kappa shape index (κ1) is 22.3. The van der Waals surface area contributed by atoms with Gasteiger partial charge in [0.25, 0.3) is 5.91 Å². The molecule has 7 nitrogen and oxygen atoms in total. The quantitative estimate of drug-likeness (QED) is 0.685. The molecule has 150 valence electrons. The van der Waals surface area contributed by atoms with Gasteiger partial charge in [0.2, 0.25) is 0 Å². The maximum atomic E-state index is 12.2. The van der Waals surface area contributed by atoms with E-state index in [1.807, 2.05) is 0 Å². The molecule has 0 fully saturated rings. The molecule has 27 heavy (non-hydrogen) atoms. The van der Waals surface area contributed by atoms with Crippen LogP contribution < -0.4 is 10.1 Å². The molecule has 1 aromatic rings. The van der Waals surface area contributed by atoms with Crippen molar-refractivity contribution in [1.82, 2.24) is 5.32 Å². The minimum atomic E-state index is -4.56. The summed E-state index contributed by atoms with van der Waals surface area (Å²) in [6.45, 7) is 3.10. The van der Waals surface area contributed by atoms with Crippen molar-refractivity contribution in [2.24, 2.45) is 0 Å². The Morgan fingerprint density at radius 3 is 1.89 bits per heavy atom. The third-order valence-corrected chi connectivity index (χ3v) is 3.07. The van der Waals surface area contributed by atoms with Crippen LogP contribution in [0.2, 0.25) is 0 Å². The first-order valence-corrected chi connectivity index (χ1v) is 8.07. The molecule has 1 atom stereocenters. The molecule has 0 aliphatic rings. The summed E-state index contributed by atoms with van der Waals surface area (Å²) in [4.78, 5) is 35.6. The molecular formula is C17H20F3NO6. The molecule has 1 rings (SSSR count). The lowest BCUT2D eigenvalue weighted by Gasteiger charge is -2.17. The Kier molecular flexibility index (Phi) is 8.07. The highest BCUT2D eigenvalue weighted by Crippen LogP contribution is 2.21. The van der Waals surface area contributed by atoms with Crippen LogP contribution in [0.25, 0.3) is 0 Å². The number of halogens is 3. The van der Waals surface area contributed by atoms with Gasteiger partial charge in [-0.2, -0.15) is 13.2 Å². The summed E-state index contributed by atoms with van der Waals surface area (Å²) in [6, 6.07) is 3.67. The zero-order chi connectivity index (χ0) is 20.6. The first-order chi connectivity index (χ1) is 12.6. The van der Waals surface area contributed by atoms with E-state index >= 15 is 0 Å². The smallest absolute Gasteiger partial charge is 0.405 e. The Balaban J connectivity index is 3.01. The van der Waals surface area contributed by atoms with Crippen molar-refractivity contribution < 1.29 is 41.8 Å². The lowest BCUT2D eigenvalue weighted by atomic mass is 10.1. The first-order valence-electron chi connectivity index (χ1n) is 8.07. The van der Waals surface area contributed by atoms with E-state index in [1.54, 1.807) is 19.2 Å². The molecule has 10 heteroatoms. The molecule has 0 aliphatic heterocycles. The van der Waals surface area contributed by atoms with Crippen LogP contribution in [0.3, 0.4) is 0 Å². The summed E-state index contributed by atoms with van der Waals surface area (Å²) in [7, 11) is 0. The molecule has 1 aromatic carbocycles. The minimum absolute atomic E-state index is 0.0275. The topological polar surface area (TPSA) is 90.9 Å². The Labute approximate surface area is 153 Å². The van der Waals surface area contributed by atoms with Crippen LogP contribution in [-0.4, -0.2) is 49.9 Å². The van der Waals surface area contributed by atoms with Crippen LogP contribution in [0.1, 0.15) is 41.5 Å². The van der Waals surface area contributed by atoms with Crippen molar-refractivity contribution in [3.8, 4) is 5.75 Å². The molecule has 0 bridgehead atoms.